The van der Waals surface area contributed by atoms with Gasteiger partial charge in [0.1, 0.15) is 17.2 Å². The summed E-state index contributed by atoms with van der Waals surface area (Å²) in [6.45, 7) is 4.08. The third-order valence-corrected chi connectivity index (χ3v) is 5.69. The minimum absolute atomic E-state index is 0.795. The van der Waals surface area contributed by atoms with Gasteiger partial charge in [0.15, 0.2) is 0 Å². The number of rotatable bonds is 6. The molecule has 4 rings (SSSR count). The first-order valence-electron chi connectivity index (χ1n) is 10.5. The highest BCUT2D eigenvalue weighted by Crippen LogP contribution is 2.49. The number of ether oxygens (including phenoxy) is 3. The van der Waals surface area contributed by atoms with Gasteiger partial charge in [0.25, 0.3) is 0 Å². The van der Waals surface area contributed by atoms with Crippen LogP contribution in [-0.2, 0) is 0 Å². The van der Waals surface area contributed by atoms with Gasteiger partial charge in [-0.2, -0.15) is 0 Å². The lowest BCUT2D eigenvalue weighted by Crippen LogP contribution is -2.03. The summed E-state index contributed by atoms with van der Waals surface area (Å²) in [4.78, 5) is 4.97. The number of aryl methyl sites for hydroxylation is 2. The number of para-hydroxylation sites is 3. The summed E-state index contributed by atoms with van der Waals surface area (Å²) in [5.74, 6) is 2.39. The molecule has 32 heavy (non-hydrogen) atoms. The fraction of sp³-hybridized carbons (Fsp3) is 0.179. The van der Waals surface area contributed by atoms with Gasteiger partial charge in [-0.15, -0.1) is 0 Å². The summed E-state index contributed by atoms with van der Waals surface area (Å²) >= 11 is 0. The van der Waals surface area contributed by atoms with Gasteiger partial charge in [0.05, 0.1) is 21.3 Å². The summed E-state index contributed by atoms with van der Waals surface area (Å²) in [6.07, 6.45) is 0. The second kappa shape index (κ2) is 9.15. The van der Waals surface area contributed by atoms with Crippen molar-refractivity contribution in [2.24, 2.45) is 0 Å². The van der Waals surface area contributed by atoms with Crippen LogP contribution in [0.15, 0.2) is 72.8 Å². The van der Waals surface area contributed by atoms with Crippen molar-refractivity contribution < 1.29 is 14.2 Å². The number of nitrogens with zero attached hydrogens (tertiary/aromatic N) is 1. The fourth-order valence-electron chi connectivity index (χ4n) is 4.33. The normalized spacial score (nSPS) is 10.7. The van der Waals surface area contributed by atoms with Gasteiger partial charge in [0.2, 0.25) is 0 Å². The lowest BCUT2D eigenvalue weighted by Gasteiger charge is -2.23. The average molecular weight is 426 g/mol. The molecule has 0 N–H and O–H groups in total. The summed E-state index contributed by atoms with van der Waals surface area (Å²) in [5, 5.41) is 0. The van der Waals surface area contributed by atoms with Crippen molar-refractivity contribution in [3.63, 3.8) is 0 Å². The van der Waals surface area contributed by atoms with Crippen molar-refractivity contribution in [2.75, 3.05) is 21.3 Å². The van der Waals surface area contributed by atoms with E-state index < -0.39 is 0 Å². The van der Waals surface area contributed by atoms with Crippen LogP contribution in [0.3, 0.4) is 0 Å². The minimum Gasteiger partial charge on any atom is -0.496 e. The minimum atomic E-state index is 0.795. The van der Waals surface area contributed by atoms with Crippen LogP contribution in [0.5, 0.6) is 17.2 Å². The topological polar surface area (TPSA) is 40.6 Å². The molecule has 0 unspecified atom stereocenters. The van der Waals surface area contributed by atoms with Gasteiger partial charge in [-0.3, -0.25) is 4.98 Å². The molecule has 4 nitrogen and oxygen atoms in total. The smallest absolute Gasteiger partial charge is 0.126 e. The molecular formula is C28H27NO3. The van der Waals surface area contributed by atoms with Crippen LogP contribution in [0.25, 0.3) is 33.4 Å². The Labute approximate surface area is 189 Å². The zero-order chi connectivity index (χ0) is 22.7. The Balaban J connectivity index is 2.21. The van der Waals surface area contributed by atoms with E-state index in [0.717, 1.165) is 62.0 Å². The quantitative estimate of drug-likeness (QED) is 0.344. The van der Waals surface area contributed by atoms with Crippen molar-refractivity contribution in [2.45, 2.75) is 13.8 Å². The SMILES string of the molecule is COc1ccccc1-c1c(C)nc(C)c(-c2ccccc2OC)c1-c1ccccc1OC. The Kier molecular flexibility index (Phi) is 6.13. The molecule has 0 radical (unpaired) electrons. The lowest BCUT2D eigenvalue weighted by atomic mass is 9.85. The predicted octanol–water partition coefficient (Wildman–Crippen LogP) is 6.73. The highest BCUT2D eigenvalue weighted by Gasteiger charge is 2.25. The van der Waals surface area contributed by atoms with Crippen molar-refractivity contribution in [3.8, 4) is 50.6 Å². The number of hydrogen-bond donors (Lipinski definition) is 0. The molecule has 0 fully saturated rings. The van der Waals surface area contributed by atoms with E-state index in [1.165, 1.54) is 0 Å². The second-order valence-corrected chi connectivity index (χ2v) is 7.51. The molecule has 1 aromatic heterocycles. The van der Waals surface area contributed by atoms with E-state index in [0.29, 0.717) is 0 Å². The van der Waals surface area contributed by atoms with Crippen LogP contribution in [0.1, 0.15) is 11.4 Å². The largest absolute Gasteiger partial charge is 0.496 e. The maximum Gasteiger partial charge on any atom is 0.126 e. The number of benzene rings is 3. The first-order chi connectivity index (χ1) is 15.6. The van der Waals surface area contributed by atoms with E-state index in [2.05, 4.69) is 18.2 Å². The highest BCUT2D eigenvalue weighted by atomic mass is 16.5. The Morgan fingerprint density at radius 1 is 0.469 bits per heavy atom. The summed E-state index contributed by atoms with van der Waals surface area (Å²) in [5.41, 5.74) is 7.87. The Morgan fingerprint density at radius 3 is 1.12 bits per heavy atom. The van der Waals surface area contributed by atoms with E-state index in [1.807, 2.05) is 68.4 Å². The third-order valence-electron chi connectivity index (χ3n) is 5.69. The van der Waals surface area contributed by atoms with Crippen molar-refractivity contribution in [1.29, 1.82) is 0 Å². The van der Waals surface area contributed by atoms with Crippen molar-refractivity contribution in [1.82, 2.24) is 4.98 Å². The van der Waals surface area contributed by atoms with Gasteiger partial charge in [0, 0.05) is 44.8 Å². The Hall–Kier alpha value is -3.79. The monoisotopic (exact) mass is 425 g/mol. The molecule has 4 heteroatoms. The first-order valence-corrected chi connectivity index (χ1v) is 10.5. The molecule has 0 aliphatic carbocycles. The number of aromatic nitrogens is 1. The number of pyridine rings is 1. The van der Waals surface area contributed by atoms with Gasteiger partial charge >= 0.3 is 0 Å². The molecule has 0 saturated carbocycles. The van der Waals surface area contributed by atoms with E-state index in [4.69, 9.17) is 19.2 Å². The predicted molar refractivity (Wildman–Crippen MR) is 130 cm³/mol. The highest BCUT2D eigenvalue weighted by molar-refractivity contribution is 6.00. The van der Waals surface area contributed by atoms with E-state index >= 15 is 0 Å². The third kappa shape index (κ3) is 3.69. The molecule has 3 aromatic carbocycles. The molecule has 0 bridgehead atoms. The maximum absolute atomic E-state index is 5.79. The molecule has 4 aromatic rings. The van der Waals surface area contributed by atoms with Crippen molar-refractivity contribution in [3.05, 3.63) is 84.2 Å². The summed E-state index contributed by atoms with van der Waals surface area (Å²) in [7, 11) is 5.09. The van der Waals surface area contributed by atoms with Crippen LogP contribution in [0, 0.1) is 13.8 Å². The van der Waals surface area contributed by atoms with Gasteiger partial charge in [-0.25, -0.2) is 0 Å². The molecule has 0 aliphatic heterocycles. The van der Waals surface area contributed by atoms with Crippen molar-refractivity contribution >= 4 is 0 Å². The van der Waals surface area contributed by atoms with E-state index in [9.17, 15) is 0 Å². The number of methoxy groups -OCH3 is 3. The molecule has 0 saturated heterocycles. The Morgan fingerprint density at radius 2 is 0.781 bits per heavy atom. The molecule has 0 amide bonds. The first kappa shape index (κ1) is 21.4. The standard InChI is InChI=1S/C28H27NO3/c1-18-26(20-12-6-9-15-23(20)30-3)28(22-14-8-11-17-25(22)32-5)27(19(2)29-18)21-13-7-10-16-24(21)31-4/h6-17H,1-5H3. The molecule has 162 valence electrons. The molecule has 1 heterocycles. The zero-order valence-corrected chi connectivity index (χ0v) is 19.1. The van der Waals surface area contributed by atoms with Crippen LogP contribution >= 0.6 is 0 Å². The average Bonchev–Trinajstić information content (AvgIpc) is 2.83. The molecule has 0 aliphatic rings. The van der Waals surface area contributed by atoms with Crippen LogP contribution in [0.4, 0.5) is 0 Å². The summed E-state index contributed by atoms with van der Waals surface area (Å²) in [6, 6.07) is 24.2. The zero-order valence-electron chi connectivity index (χ0n) is 19.1. The maximum atomic E-state index is 5.79. The Bertz CT molecular complexity index is 1190. The van der Waals surface area contributed by atoms with Crippen LogP contribution in [0.2, 0.25) is 0 Å². The fourth-order valence-corrected chi connectivity index (χ4v) is 4.33. The van der Waals surface area contributed by atoms with Crippen LogP contribution in [-0.4, -0.2) is 26.3 Å². The van der Waals surface area contributed by atoms with E-state index in [1.54, 1.807) is 21.3 Å². The molecular weight excluding hydrogens is 398 g/mol. The molecule has 0 spiro atoms. The van der Waals surface area contributed by atoms with Gasteiger partial charge < -0.3 is 14.2 Å². The summed E-state index contributed by atoms with van der Waals surface area (Å²) < 4.78 is 17.3. The van der Waals surface area contributed by atoms with Gasteiger partial charge in [-0.05, 0) is 32.0 Å². The lowest BCUT2D eigenvalue weighted by molar-refractivity contribution is 0.415. The second-order valence-electron chi connectivity index (χ2n) is 7.51. The molecule has 0 atom stereocenters. The number of hydrogen-bond acceptors (Lipinski definition) is 4. The van der Waals surface area contributed by atoms with Gasteiger partial charge in [-0.1, -0.05) is 54.6 Å². The van der Waals surface area contributed by atoms with E-state index in [-0.39, 0.29) is 0 Å². The van der Waals surface area contributed by atoms with Crippen LogP contribution < -0.4 is 14.2 Å².